The second-order valence-electron chi connectivity index (χ2n) is 4.55. The summed E-state index contributed by atoms with van der Waals surface area (Å²) in [5, 5.41) is 12.3. The number of hydrogen-bond acceptors (Lipinski definition) is 6. The number of nitrogens with one attached hydrogen (secondary N) is 1. The molecule has 0 spiro atoms. The van der Waals surface area contributed by atoms with Gasteiger partial charge in [0.2, 0.25) is 5.13 Å². The van der Waals surface area contributed by atoms with Crippen LogP contribution in [0.2, 0.25) is 0 Å². The molecule has 0 fully saturated rings. The van der Waals surface area contributed by atoms with Crippen LogP contribution in [0.5, 0.6) is 0 Å². The average Bonchev–Trinajstić information content (AvgIpc) is 2.86. The molecule has 1 N–H and O–H groups in total. The topological polar surface area (TPSA) is 64.1 Å². The monoisotopic (exact) mass is 323 g/mol. The second-order valence-corrected chi connectivity index (χ2v) is 7.23. The fraction of sp³-hybridized carbons (Fsp3) is 0.357. The van der Waals surface area contributed by atoms with E-state index in [0.29, 0.717) is 22.6 Å². The smallest absolute Gasteiger partial charge is 0.258 e. The lowest BCUT2D eigenvalue weighted by molar-refractivity contribution is 0.102. The van der Waals surface area contributed by atoms with E-state index in [0.717, 1.165) is 9.90 Å². The van der Waals surface area contributed by atoms with E-state index < -0.39 is 0 Å². The molecule has 0 saturated carbocycles. The largest absolute Gasteiger partial charge is 0.377 e. The van der Waals surface area contributed by atoms with Crippen molar-refractivity contribution in [3.63, 3.8) is 0 Å². The first-order valence-electron chi connectivity index (χ1n) is 6.48. The van der Waals surface area contributed by atoms with Gasteiger partial charge in [0, 0.05) is 17.3 Å². The van der Waals surface area contributed by atoms with Crippen LogP contribution in [-0.4, -0.2) is 28.5 Å². The maximum absolute atomic E-state index is 12.4. The molecule has 5 nitrogen and oxygen atoms in total. The number of amides is 1. The zero-order chi connectivity index (χ0) is 15.2. The maximum Gasteiger partial charge on any atom is 0.258 e. The van der Waals surface area contributed by atoms with Crippen molar-refractivity contribution >= 4 is 34.1 Å². The predicted molar refractivity (Wildman–Crippen MR) is 86.0 cm³/mol. The first-order valence-corrected chi connectivity index (χ1v) is 8.18. The summed E-state index contributed by atoms with van der Waals surface area (Å²) in [6, 6.07) is 7.56. The van der Waals surface area contributed by atoms with Crippen molar-refractivity contribution in [3.05, 3.63) is 34.8 Å². The minimum Gasteiger partial charge on any atom is -0.377 e. The SMILES string of the molecule is COCc1nnc(NC(=O)c2ccccc2SC(C)C)s1. The van der Waals surface area contributed by atoms with Crippen molar-refractivity contribution in [3.8, 4) is 0 Å². The quantitative estimate of drug-likeness (QED) is 0.825. The molecule has 0 radical (unpaired) electrons. The van der Waals surface area contributed by atoms with Gasteiger partial charge in [-0.3, -0.25) is 10.1 Å². The normalized spacial score (nSPS) is 10.9. The highest BCUT2D eigenvalue weighted by molar-refractivity contribution is 8.00. The van der Waals surface area contributed by atoms with E-state index in [9.17, 15) is 4.79 Å². The number of methoxy groups -OCH3 is 1. The van der Waals surface area contributed by atoms with E-state index in [4.69, 9.17) is 4.74 Å². The first-order chi connectivity index (χ1) is 10.1. The Morgan fingerprint density at radius 1 is 1.38 bits per heavy atom. The van der Waals surface area contributed by atoms with Crippen LogP contribution < -0.4 is 5.32 Å². The van der Waals surface area contributed by atoms with Gasteiger partial charge in [0.15, 0.2) is 0 Å². The Morgan fingerprint density at radius 3 is 2.86 bits per heavy atom. The van der Waals surface area contributed by atoms with Crippen LogP contribution in [0.3, 0.4) is 0 Å². The van der Waals surface area contributed by atoms with Crippen molar-refractivity contribution in [2.45, 2.75) is 30.6 Å². The highest BCUT2D eigenvalue weighted by Crippen LogP contribution is 2.27. The lowest BCUT2D eigenvalue weighted by Crippen LogP contribution is -2.13. The molecule has 0 atom stereocenters. The van der Waals surface area contributed by atoms with Crippen LogP contribution in [0.4, 0.5) is 5.13 Å². The van der Waals surface area contributed by atoms with Gasteiger partial charge >= 0.3 is 0 Å². The maximum atomic E-state index is 12.4. The van der Waals surface area contributed by atoms with E-state index in [-0.39, 0.29) is 5.91 Å². The van der Waals surface area contributed by atoms with Gasteiger partial charge in [-0.15, -0.1) is 22.0 Å². The van der Waals surface area contributed by atoms with Crippen LogP contribution in [0.15, 0.2) is 29.2 Å². The van der Waals surface area contributed by atoms with E-state index in [1.54, 1.807) is 18.9 Å². The van der Waals surface area contributed by atoms with Crippen molar-refractivity contribution in [2.75, 3.05) is 12.4 Å². The zero-order valence-corrected chi connectivity index (χ0v) is 13.8. The number of carbonyl (C=O) groups excluding carboxylic acids is 1. The molecule has 0 bridgehead atoms. The summed E-state index contributed by atoms with van der Waals surface area (Å²) in [4.78, 5) is 13.3. The molecule has 1 amide bonds. The van der Waals surface area contributed by atoms with Gasteiger partial charge in [-0.25, -0.2) is 0 Å². The summed E-state index contributed by atoms with van der Waals surface area (Å²) in [7, 11) is 1.60. The number of benzene rings is 1. The fourth-order valence-corrected chi connectivity index (χ4v) is 3.32. The van der Waals surface area contributed by atoms with Gasteiger partial charge in [0.1, 0.15) is 11.6 Å². The molecule has 1 aromatic carbocycles. The number of anilines is 1. The van der Waals surface area contributed by atoms with Gasteiger partial charge in [-0.1, -0.05) is 37.3 Å². The Morgan fingerprint density at radius 2 is 2.14 bits per heavy atom. The van der Waals surface area contributed by atoms with Gasteiger partial charge in [0.25, 0.3) is 5.91 Å². The highest BCUT2D eigenvalue weighted by atomic mass is 32.2. The predicted octanol–water partition coefficient (Wildman–Crippen LogP) is 3.44. The van der Waals surface area contributed by atoms with E-state index in [1.807, 2.05) is 24.3 Å². The third-order valence-corrected chi connectivity index (χ3v) is 4.34. The number of rotatable bonds is 6. The summed E-state index contributed by atoms with van der Waals surface area (Å²) >= 11 is 2.98. The summed E-state index contributed by atoms with van der Waals surface area (Å²) in [5.41, 5.74) is 0.652. The summed E-state index contributed by atoms with van der Waals surface area (Å²) < 4.78 is 4.99. The molecule has 1 aromatic heterocycles. The molecule has 1 heterocycles. The molecule has 112 valence electrons. The number of thioether (sulfide) groups is 1. The van der Waals surface area contributed by atoms with Crippen molar-refractivity contribution in [2.24, 2.45) is 0 Å². The molecule has 0 saturated heterocycles. The second kappa shape index (κ2) is 7.53. The van der Waals surface area contributed by atoms with Crippen LogP contribution in [0.1, 0.15) is 29.2 Å². The molecule has 2 aromatic rings. The van der Waals surface area contributed by atoms with Gasteiger partial charge in [-0.05, 0) is 12.1 Å². The van der Waals surface area contributed by atoms with Crippen LogP contribution >= 0.6 is 23.1 Å². The minimum absolute atomic E-state index is 0.168. The highest BCUT2D eigenvalue weighted by Gasteiger charge is 2.14. The molecule has 0 aliphatic heterocycles. The number of aromatic nitrogens is 2. The number of hydrogen-bond donors (Lipinski definition) is 1. The Hall–Kier alpha value is -1.44. The Balaban J connectivity index is 2.12. The molecule has 7 heteroatoms. The van der Waals surface area contributed by atoms with Gasteiger partial charge < -0.3 is 4.74 Å². The van der Waals surface area contributed by atoms with Gasteiger partial charge in [0.05, 0.1) is 5.56 Å². The van der Waals surface area contributed by atoms with Crippen molar-refractivity contribution in [1.82, 2.24) is 10.2 Å². The van der Waals surface area contributed by atoms with Crippen LogP contribution in [0, 0.1) is 0 Å². The molecule has 21 heavy (non-hydrogen) atoms. The molecular weight excluding hydrogens is 306 g/mol. The Labute approximate surface area is 132 Å². The summed E-state index contributed by atoms with van der Waals surface area (Å²) in [6.45, 7) is 4.59. The molecule has 0 aliphatic carbocycles. The van der Waals surface area contributed by atoms with E-state index in [2.05, 4.69) is 29.4 Å². The minimum atomic E-state index is -0.168. The molecular formula is C14H17N3O2S2. The number of nitrogens with zero attached hydrogens (tertiary/aromatic N) is 2. The lowest BCUT2D eigenvalue weighted by atomic mass is 10.2. The van der Waals surface area contributed by atoms with Gasteiger partial charge in [-0.2, -0.15) is 0 Å². The fourth-order valence-electron chi connectivity index (χ4n) is 1.66. The number of ether oxygens (including phenoxy) is 1. The Kier molecular flexibility index (Phi) is 5.72. The first kappa shape index (κ1) is 15.9. The van der Waals surface area contributed by atoms with Crippen LogP contribution in [0.25, 0.3) is 0 Å². The third-order valence-electron chi connectivity index (χ3n) is 2.45. The lowest BCUT2D eigenvalue weighted by Gasteiger charge is -2.10. The molecule has 0 unspecified atom stereocenters. The Bertz CT molecular complexity index is 614. The standard InChI is InChI=1S/C14H17N3O2S2/c1-9(2)20-11-7-5-4-6-10(11)13(18)15-14-17-16-12(21-14)8-19-3/h4-7,9H,8H2,1-3H3,(H,15,17,18). The molecule has 2 rings (SSSR count). The zero-order valence-electron chi connectivity index (χ0n) is 12.1. The van der Waals surface area contributed by atoms with Crippen LogP contribution in [-0.2, 0) is 11.3 Å². The number of carbonyl (C=O) groups is 1. The van der Waals surface area contributed by atoms with Crippen molar-refractivity contribution in [1.29, 1.82) is 0 Å². The van der Waals surface area contributed by atoms with E-state index in [1.165, 1.54) is 11.3 Å². The average molecular weight is 323 g/mol. The van der Waals surface area contributed by atoms with E-state index >= 15 is 0 Å². The van der Waals surface area contributed by atoms with Crippen molar-refractivity contribution < 1.29 is 9.53 Å². The molecule has 0 aliphatic rings. The third kappa shape index (κ3) is 4.52. The summed E-state index contributed by atoms with van der Waals surface area (Å²) in [6.07, 6.45) is 0. The summed E-state index contributed by atoms with van der Waals surface area (Å²) in [5.74, 6) is -0.168.